The number of hydrogen-bond acceptors (Lipinski definition) is 5. The van der Waals surface area contributed by atoms with Gasteiger partial charge in [0.1, 0.15) is 12.3 Å². The number of esters is 1. The first-order valence-electron chi connectivity index (χ1n) is 6.41. The molecule has 5 heteroatoms. The van der Waals surface area contributed by atoms with E-state index in [1.807, 2.05) is 30.3 Å². The Morgan fingerprint density at radius 1 is 1.14 bits per heavy atom. The van der Waals surface area contributed by atoms with Crippen molar-refractivity contribution in [1.29, 1.82) is 0 Å². The highest BCUT2D eigenvalue weighted by Crippen LogP contribution is 2.20. The molecule has 0 unspecified atom stereocenters. The van der Waals surface area contributed by atoms with Crippen LogP contribution in [0.15, 0.2) is 65.4 Å². The fraction of sp³-hybridized carbons (Fsp3) is 0.0625. The highest BCUT2D eigenvalue weighted by Gasteiger charge is 2.10. The summed E-state index contributed by atoms with van der Waals surface area (Å²) in [5.41, 5.74) is 1.89. The number of ether oxygens (including phenoxy) is 1. The van der Waals surface area contributed by atoms with E-state index in [0.717, 1.165) is 5.56 Å². The Kier molecular flexibility index (Phi) is 3.73. The molecule has 0 N–H and O–H groups in total. The van der Waals surface area contributed by atoms with Gasteiger partial charge in [0.05, 0.1) is 5.56 Å². The molecule has 104 valence electrons. The lowest BCUT2D eigenvalue weighted by Gasteiger charge is -2.01. The third-order valence-electron chi connectivity index (χ3n) is 2.87. The number of rotatable bonds is 4. The molecular formula is C16H12N2O3. The Morgan fingerprint density at radius 3 is 2.76 bits per heavy atom. The Hall–Kier alpha value is -2.95. The van der Waals surface area contributed by atoms with Gasteiger partial charge in [0, 0.05) is 24.0 Å². The summed E-state index contributed by atoms with van der Waals surface area (Å²) in [7, 11) is 0. The monoisotopic (exact) mass is 280 g/mol. The van der Waals surface area contributed by atoms with Gasteiger partial charge in [-0.25, -0.2) is 4.79 Å². The minimum atomic E-state index is -0.438. The Balaban J connectivity index is 1.64. The number of carbonyl (C=O) groups excluding carboxylic acids is 1. The summed E-state index contributed by atoms with van der Waals surface area (Å²) in [6.45, 7) is 0.0596. The van der Waals surface area contributed by atoms with Crippen molar-refractivity contribution in [2.75, 3.05) is 0 Å². The lowest BCUT2D eigenvalue weighted by atomic mass is 10.2. The molecule has 0 bridgehead atoms. The van der Waals surface area contributed by atoms with Gasteiger partial charge in [-0.15, -0.1) is 0 Å². The molecule has 2 aromatic heterocycles. The van der Waals surface area contributed by atoms with Gasteiger partial charge in [-0.2, -0.15) is 0 Å². The SMILES string of the molecule is O=C(OCc1cc(-c2ccccc2)on1)c1cccnc1. The van der Waals surface area contributed by atoms with Crippen LogP contribution in [0.1, 0.15) is 16.1 Å². The fourth-order valence-corrected chi connectivity index (χ4v) is 1.82. The first-order chi connectivity index (χ1) is 10.3. The zero-order valence-corrected chi connectivity index (χ0v) is 11.1. The number of pyridine rings is 1. The smallest absolute Gasteiger partial charge is 0.340 e. The van der Waals surface area contributed by atoms with E-state index >= 15 is 0 Å². The van der Waals surface area contributed by atoms with Crippen LogP contribution < -0.4 is 0 Å². The van der Waals surface area contributed by atoms with Crippen molar-refractivity contribution in [3.63, 3.8) is 0 Å². The van der Waals surface area contributed by atoms with Gasteiger partial charge >= 0.3 is 5.97 Å². The quantitative estimate of drug-likeness (QED) is 0.687. The number of aromatic nitrogens is 2. The van der Waals surface area contributed by atoms with Gasteiger partial charge in [-0.05, 0) is 12.1 Å². The van der Waals surface area contributed by atoms with Gasteiger partial charge < -0.3 is 9.26 Å². The number of nitrogens with zero attached hydrogens (tertiary/aromatic N) is 2. The zero-order chi connectivity index (χ0) is 14.5. The van der Waals surface area contributed by atoms with E-state index in [1.165, 1.54) is 6.20 Å². The van der Waals surface area contributed by atoms with E-state index in [2.05, 4.69) is 10.1 Å². The summed E-state index contributed by atoms with van der Waals surface area (Å²) in [6, 6.07) is 14.7. The van der Waals surface area contributed by atoms with Crippen LogP contribution in [-0.4, -0.2) is 16.1 Å². The standard InChI is InChI=1S/C16H12N2O3/c19-16(13-7-4-8-17-10-13)20-11-14-9-15(21-18-14)12-5-2-1-3-6-12/h1-10H,11H2. The molecule has 0 radical (unpaired) electrons. The first kappa shape index (κ1) is 13.1. The highest BCUT2D eigenvalue weighted by atomic mass is 16.5. The molecule has 0 aliphatic rings. The van der Waals surface area contributed by atoms with Crippen molar-refractivity contribution in [1.82, 2.24) is 10.1 Å². The fourth-order valence-electron chi connectivity index (χ4n) is 1.82. The first-order valence-corrected chi connectivity index (χ1v) is 6.41. The summed E-state index contributed by atoms with van der Waals surface area (Å²) >= 11 is 0. The van der Waals surface area contributed by atoms with E-state index in [1.54, 1.807) is 24.4 Å². The van der Waals surface area contributed by atoms with E-state index in [4.69, 9.17) is 9.26 Å². The van der Waals surface area contributed by atoms with E-state index in [-0.39, 0.29) is 6.61 Å². The van der Waals surface area contributed by atoms with Gasteiger partial charge in [-0.3, -0.25) is 4.98 Å². The summed E-state index contributed by atoms with van der Waals surface area (Å²) in [5.74, 6) is 0.204. The molecule has 0 aliphatic heterocycles. The summed E-state index contributed by atoms with van der Waals surface area (Å²) < 4.78 is 10.4. The molecule has 0 saturated heterocycles. The maximum absolute atomic E-state index is 11.8. The van der Waals surface area contributed by atoms with Gasteiger partial charge in [0.25, 0.3) is 0 Å². The van der Waals surface area contributed by atoms with Crippen LogP contribution in [0.3, 0.4) is 0 Å². The third-order valence-corrected chi connectivity index (χ3v) is 2.87. The van der Waals surface area contributed by atoms with Crippen LogP contribution in [0.4, 0.5) is 0 Å². The van der Waals surface area contributed by atoms with Crippen molar-refractivity contribution in [2.24, 2.45) is 0 Å². The Morgan fingerprint density at radius 2 is 2.00 bits per heavy atom. The molecule has 0 spiro atoms. The van der Waals surface area contributed by atoms with Gasteiger partial charge in [0.2, 0.25) is 0 Å². The van der Waals surface area contributed by atoms with Crippen LogP contribution in [0, 0.1) is 0 Å². The largest absolute Gasteiger partial charge is 0.455 e. The summed E-state index contributed by atoms with van der Waals surface area (Å²) in [4.78, 5) is 15.6. The molecular weight excluding hydrogens is 268 g/mol. The molecule has 0 amide bonds. The highest BCUT2D eigenvalue weighted by molar-refractivity contribution is 5.88. The summed E-state index contributed by atoms with van der Waals surface area (Å²) in [6.07, 6.45) is 3.06. The van der Waals surface area contributed by atoms with Crippen molar-refractivity contribution >= 4 is 5.97 Å². The topological polar surface area (TPSA) is 65.2 Å². The van der Waals surface area contributed by atoms with E-state index in [0.29, 0.717) is 17.0 Å². The maximum Gasteiger partial charge on any atom is 0.340 e. The average molecular weight is 280 g/mol. The average Bonchev–Trinajstić information content (AvgIpc) is 3.03. The maximum atomic E-state index is 11.8. The molecule has 0 fully saturated rings. The van der Waals surface area contributed by atoms with Crippen molar-refractivity contribution in [3.05, 3.63) is 72.2 Å². The minimum Gasteiger partial charge on any atom is -0.455 e. The second kappa shape index (κ2) is 6.00. The Labute approximate surface area is 121 Å². The van der Waals surface area contributed by atoms with Crippen LogP contribution in [0.2, 0.25) is 0 Å². The molecule has 3 rings (SSSR count). The predicted molar refractivity (Wildman–Crippen MR) is 75.3 cm³/mol. The van der Waals surface area contributed by atoms with Crippen molar-refractivity contribution in [2.45, 2.75) is 6.61 Å². The zero-order valence-electron chi connectivity index (χ0n) is 11.1. The van der Waals surface area contributed by atoms with Crippen LogP contribution in [-0.2, 0) is 11.3 Å². The molecule has 1 aromatic carbocycles. The number of benzene rings is 1. The lowest BCUT2D eigenvalue weighted by Crippen LogP contribution is -2.05. The van der Waals surface area contributed by atoms with Crippen LogP contribution in [0.25, 0.3) is 11.3 Å². The Bertz CT molecular complexity index is 724. The predicted octanol–water partition coefficient (Wildman–Crippen LogP) is 3.09. The minimum absolute atomic E-state index is 0.0596. The number of hydrogen-bond donors (Lipinski definition) is 0. The van der Waals surface area contributed by atoms with Crippen molar-refractivity contribution < 1.29 is 14.1 Å². The second-order valence-corrected chi connectivity index (χ2v) is 4.37. The van der Waals surface area contributed by atoms with Crippen LogP contribution in [0.5, 0.6) is 0 Å². The van der Waals surface area contributed by atoms with Gasteiger partial charge in [-0.1, -0.05) is 35.5 Å². The molecule has 0 atom stereocenters. The molecule has 5 nitrogen and oxygen atoms in total. The molecule has 3 aromatic rings. The molecule has 2 heterocycles. The van der Waals surface area contributed by atoms with Gasteiger partial charge in [0.15, 0.2) is 5.76 Å². The summed E-state index contributed by atoms with van der Waals surface area (Å²) in [5, 5.41) is 3.89. The molecule has 0 saturated carbocycles. The normalized spacial score (nSPS) is 10.3. The molecule has 21 heavy (non-hydrogen) atoms. The van der Waals surface area contributed by atoms with E-state index < -0.39 is 5.97 Å². The third kappa shape index (κ3) is 3.14. The van der Waals surface area contributed by atoms with Crippen LogP contribution >= 0.6 is 0 Å². The van der Waals surface area contributed by atoms with Crippen molar-refractivity contribution in [3.8, 4) is 11.3 Å². The molecule has 0 aliphatic carbocycles. The second-order valence-electron chi connectivity index (χ2n) is 4.37. The van der Waals surface area contributed by atoms with E-state index in [9.17, 15) is 4.79 Å². The lowest BCUT2D eigenvalue weighted by molar-refractivity contribution is 0.0464. The number of carbonyl (C=O) groups is 1.